The summed E-state index contributed by atoms with van der Waals surface area (Å²) in [4.78, 5) is 0. The Kier molecular flexibility index (Phi) is 5.81. The van der Waals surface area contributed by atoms with Crippen molar-refractivity contribution in [2.24, 2.45) is 0 Å². The van der Waals surface area contributed by atoms with Gasteiger partial charge in [0, 0.05) is 18.7 Å². The molecular weight excluding hydrogens is 325 g/mol. The summed E-state index contributed by atoms with van der Waals surface area (Å²) in [7, 11) is 0. The van der Waals surface area contributed by atoms with Crippen molar-refractivity contribution in [1.29, 1.82) is 0 Å². The van der Waals surface area contributed by atoms with E-state index in [1.54, 1.807) is 12.1 Å². The van der Waals surface area contributed by atoms with Crippen molar-refractivity contribution in [2.75, 3.05) is 13.2 Å². The summed E-state index contributed by atoms with van der Waals surface area (Å²) in [6.07, 6.45) is 2.39. The molecule has 3 nitrogen and oxygen atoms in total. The molecule has 0 aromatic heterocycles. The highest BCUT2D eigenvalue weighted by Gasteiger charge is 2.25. The summed E-state index contributed by atoms with van der Waals surface area (Å²) in [5, 5.41) is 3.37. The zero-order chi connectivity index (χ0) is 14.5. The third-order valence-electron chi connectivity index (χ3n) is 3.28. The maximum atomic E-state index is 13.4. The van der Waals surface area contributed by atoms with Crippen LogP contribution in [0.5, 0.6) is 5.75 Å². The summed E-state index contributed by atoms with van der Waals surface area (Å²) < 4.78 is 25.3. The van der Waals surface area contributed by atoms with E-state index in [4.69, 9.17) is 9.47 Å². The zero-order valence-electron chi connectivity index (χ0n) is 11.9. The highest BCUT2D eigenvalue weighted by atomic mass is 79.9. The minimum atomic E-state index is -0.311. The smallest absolute Gasteiger partial charge is 0.141 e. The first-order valence-corrected chi connectivity index (χ1v) is 7.80. The molecule has 0 amide bonds. The van der Waals surface area contributed by atoms with Gasteiger partial charge in [0.2, 0.25) is 0 Å². The van der Waals surface area contributed by atoms with Crippen LogP contribution in [0.1, 0.15) is 26.7 Å². The van der Waals surface area contributed by atoms with E-state index >= 15 is 0 Å². The summed E-state index contributed by atoms with van der Waals surface area (Å²) in [5.74, 6) is 0.229. The first-order chi connectivity index (χ1) is 9.54. The van der Waals surface area contributed by atoms with E-state index in [0.29, 0.717) is 22.9 Å². The van der Waals surface area contributed by atoms with Gasteiger partial charge in [0.1, 0.15) is 18.2 Å². The van der Waals surface area contributed by atoms with Crippen LogP contribution < -0.4 is 10.1 Å². The van der Waals surface area contributed by atoms with E-state index in [0.717, 1.165) is 19.4 Å². The number of ether oxygens (including phenoxy) is 2. The lowest BCUT2D eigenvalue weighted by molar-refractivity contribution is 0.0178. The van der Waals surface area contributed by atoms with Gasteiger partial charge in [-0.2, -0.15) is 0 Å². The van der Waals surface area contributed by atoms with Crippen LogP contribution in [0.2, 0.25) is 0 Å². The van der Waals surface area contributed by atoms with Crippen LogP contribution in [-0.2, 0) is 4.74 Å². The summed E-state index contributed by atoms with van der Waals surface area (Å²) in [5.41, 5.74) is 0. The first kappa shape index (κ1) is 15.7. The Morgan fingerprint density at radius 1 is 1.40 bits per heavy atom. The van der Waals surface area contributed by atoms with Crippen LogP contribution >= 0.6 is 15.9 Å². The van der Waals surface area contributed by atoms with Crippen molar-refractivity contribution >= 4 is 15.9 Å². The second kappa shape index (κ2) is 7.38. The number of halogens is 2. The van der Waals surface area contributed by atoms with Crippen LogP contribution in [0.15, 0.2) is 22.7 Å². The third kappa shape index (κ3) is 4.72. The summed E-state index contributed by atoms with van der Waals surface area (Å²) in [6, 6.07) is 5.26. The van der Waals surface area contributed by atoms with Crippen LogP contribution in [0, 0.1) is 5.82 Å². The predicted octanol–water partition coefficient (Wildman–Crippen LogP) is 3.51. The van der Waals surface area contributed by atoms with Crippen LogP contribution in [0.3, 0.4) is 0 Å². The molecule has 2 rings (SSSR count). The van der Waals surface area contributed by atoms with Crippen LogP contribution in [-0.4, -0.2) is 31.4 Å². The molecular formula is C15H21BrFNO2. The number of hydrogen-bond acceptors (Lipinski definition) is 3. The molecule has 1 aromatic rings. The van der Waals surface area contributed by atoms with Gasteiger partial charge in [-0.15, -0.1) is 0 Å². The minimum Gasteiger partial charge on any atom is -0.491 e. The molecule has 2 atom stereocenters. The topological polar surface area (TPSA) is 30.5 Å². The van der Waals surface area contributed by atoms with Gasteiger partial charge in [-0.25, -0.2) is 4.39 Å². The molecule has 1 aliphatic heterocycles. The molecule has 20 heavy (non-hydrogen) atoms. The van der Waals surface area contributed by atoms with Crippen molar-refractivity contribution in [3.8, 4) is 5.75 Å². The molecule has 112 valence electrons. The average molecular weight is 346 g/mol. The summed E-state index contributed by atoms with van der Waals surface area (Å²) in [6.45, 7) is 5.59. The van der Waals surface area contributed by atoms with Crippen LogP contribution in [0.4, 0.5) is 4.39 Å². The normalized spacial score (nSPS) is 22.4. The van der Waals surface area contributed by atoms with Gasteiger partial charge in [0.15, 0.2) is 0 Å². The van der Waals surface area contributed by atoms with Gasteiger partial charge in [-0.1, -0.05) is 13.8 Å². The standard InChI is InChI=1S/C15H21BrFNO2/c1-10(2)18-8-12-3-4-13(20-12)9-19-11-5-6-14(16)15(17)7-11/h5-7,10,12-13,18H,3-4,8-9H2,1-2H3. The monoisotopic (exact) mass is 345 g/mol. The largest absolute Gasteiger partial charge is 0.491 e. The van der Waals surface area contributed by atoms with Crippen molar-refractivity contribution in [3.63, 3.8) is 0 Å². The lowest BCUT2D eigenvalue weighted by atomic mass is 10.2. The molecule has 1 N–H and O–H groups in total. The van der Waals surface area contributed by atoms with E-state index in [9.17, 15) is 4.39 Å². The van der Waals surface area contributed by atoms with Gasteiger partial charge in [-0.05, 0) is 40.9 Å². The van der Waals surface area contributed by atoms with E-state index in [2.05, 4.69) is 35.1 Å². The first-order valence-electron chi connectivity index (χ1n) is 7.01. The van der Waals surface area contributed by atoms with E-state index in [1.165, 1.54) is 6.07 Å². The molecule has 1 heterocycles. The Labute approximate surface area is 128 Å². The quantitative estimate of drug-likeness (QED) is 0.855. The molecule has 0 radical (unpaired) electrons. The molecule has 1 saturated heterocycles. The second-order valence-corrected chi connectivity index (χ2v) is 6.26. The zero-order valence-corrected chi connectivity index (χ0v) is 13.5. The molecule has 1 aromatic carbocycles. The highest BCUT2D eigenvalue weighted by molar-refractivity contribution is 9.10. The SMILES string of the molecule is CC(C)NCC1CCC(COc2ccc(Br)c(F)c2)O1. The molecule has 0 bridgehead atoms. The van der Waals surface area contributed by atoms with Crippen molar-refractivity contribution in [3.05, 3.63) is 28.5 Å². The number of hydrogen-bond donors (Lipinski definition) is 1. The van der Waals surface area contributed by atoms with E-state index < -0.39 is 0 Å². The predicted molar refractivity (Wildman–Crippen MR) is 80.6 cm³/mol. The number of benzene rings is 1. The summed E-state index contributed by atoms with van der Waals surface area (Å²) >= 11 is 3.12. The van der Waals surface area contributed by atoms with Crippen molar-refractivity contribution < 1.29 is 13.9 Å². The number of rotatable bonds is 6. The minimum absolute atomic E-state index is 0.0978. The Morgan fingerprint density at radius 3 is 2.85 bits per heavy atom. The maximum absolute atomic E-state index is 13.4. The third-order valence-corrected chi connectivity index (χ3v) is 3.92. The molecule has 0 saturated carbocycles. The number of nitrogens with one attached hydrogen (secondary N) is 1. The highest BCUT2D eigenvalue weighted by Crippen LogP contribution is 2.23. The van der Waals surface area contributed by atoms with Gasteiger partial charge in [-0.3, -0.25) is 0 Å². The van der Waals surface area contributed by atoms with E-state index in [1.807, 2.05) is 0 Å². The fourth-order valence-electron chi connectivity index (χ4n) is 2.18. The van der Waals surface area contributed by atoms with E-state index in [-0.39, 0.29) is 18.0 Å². The van der Waals surface area contributed by atoms with Gasteiger partial charge < -0.3 is 14.8 Å². The Bertz CT molecular complexity index is 442. The Morgan fingerprint density at radius 2 is 2.15 bits per heavy atom. The lowest BCUT2D eigenvalue weighted by Gasteiger charge is -2.16. The average Bonchev–Trinajstić information content (AvgIpc) is 2.86. The van der Waals surface area contributed by atoms with Crippen LogP contribution in [0.25, 0.3) is 0 Å². The molecule has 2 unspecified atom stereocenters. The fraction of sp³-hybridized carbons (Fsp3) is 0.600. The second-order valence-electron chi connectivity index (χ2n) is 5.41. The molecule has 1 aliphatic rings. The lowest BCUT2D eigenvalue weighted by Crippen LogP contribution is -2.32. The molecule has 1 fully saturated rings. The van der Waals surface area contributed by atoms with Crippen molar-refractivity contribution in [2.45, 2.75) is 44.9 Å². The van der Waals surface area contributed by atoms with Crippen molar-refractivity contribution in [1.82, 2.24) is 5.32 Å². The maximum Gasteiger partial charge on any atom is 0.141 e. The Hall–Kier alpha value is -0.650. The molecule has 5 heteroatoms. The van der Waals surface area contributed by atoms with Gasteiger partial charge in [0.25, 0.3) is 0 Å². The Balaban J connectivity index is 1.73. The molecule has 0 spiro atoms. The van der Waals surface area contributed by atoms with Gasteiger partial charge >= 0.3 is 0 Å². The molecule has 0 aliphatic carbocycles. The van der Waals surface area contributed by atoms with Gasteiger partial charge in [0.05, 0.1) is 16.7 Å². The fourth-order valence-corrected chi connectivity index (χ4v) is 2.42.